The fraction of sp³-hybridized carbons (Fsp3) is 0.188. The van der Waals surface area contributed by atoms with Gasteiger partial charge in [0, 0.05) is 4.47 Å². The summed E-state index contributed by atoms with van der Waals surface area (Å²) in [6.45, 7) is 3.81. The number of carbonyl (C=O) groups excluding carboxylic acids is 1. The molecule has 0 N–H and O–H groups in total. The highest BCUT2D eigenvalue weighted by atomic mass is 79.9. The van der Waals surface area contributed by atoms with Crippen molar-refractivity contribution in [1.82, 2.24) is 0 Å². The molecule has 0 aliphatic rings. The second kappa shape index (κ2) is 6.57. The summed E-state index contributed by atoms with van der Waals surface area (Å²) < 4.78 is 11.6. The summed E-state index contributed by atoms with van der Waals surface area (Å²) in [5.41, 5.74) is 2.11. The number of carbonyl (C=O) groups is 1. The topological polar surface area (TPSA) is 35.5 Å². The molecule has 0 radical (unpaired) electrons. The van der Waals surface area contributed by atoms with Crippen LogP contribution in [0.2, 0.25) is 0 Å². The lowest BCUT2D eigenvalue weighted by Crippen LogP contribution is -2.17. The van der Waals surface area contributed by atoms with E-state index in [1.165, 1.54) is 0 Å². The average Bonchev–Trinajstić information content (AvgIpc) is 2.37. The second-order valence-electron chi connectivity index (χ2n) is 4.54. The fourth-order valence-electron chi connectivity index (χ4n) is 1.83. The lowest BCUT2D eigenvalue weighted by atomic mass is 10.1. The Labute approximate surface area is 126 Å². The molecule has 0 unspecified atom stereocenters. The number of hydrogen-bond donors (Lipinski definition) is 0. The Hall–Kier alpha value is -1.81. The number of ether oxygens (including phenoxy) is 2. The maximum atomic E-state index is 11.7. The van der Waals surface area contributed by atoms with Gasteiger partial charge < -0.3 is 9.47 Å². The van der Waals surface area contributed by atoms with Gasteiger partial charge in [-0.15, -0.1) is 0 Å². The number of rotatable bonds is 4. The van der Waals surface area contributed by atoms with E-state index >= 15 is 0 Å². The van der Waals surface area contributed by atoms with Gasteiger partial charge in [-0.2, -0.15) is 0 Å². The summed E-state index contributed by atoms with van der Waals surface area (Å²) in [5.74, 6) is 0.760. The van der Waals surface area contributed by atoms with E-state index in [2.05, 4.69) is 15.9 Å². The molecule has 3 nitrogen and oxygen atoms in total. The van der Waals surface area contributed by atoms with Gasteiger partial charge in [0.2, 0.25) is 0 Å². The molecule has 2 rings (SSSR count). The molecule has 0 saturated carbocycles. The largest absolute Gasteiger partial charge is 0.482 e. The van der Waals surface area contributed by atoms with E-state index in [4.69, 9.17) is 9.47 Å². The van der Waals surface area contributed by atoms with Crippen LogP contribution in [0.1, 0.15) is 11.1 Å². The van der Waals surface area contributed by atoms with Gasteiger partial charge in [-0.05, 0) is 61.4 Å². The molecule has 104 valence electrons. The highest BCUT2D eigenvalue weighted by Crippen LogP contribution is 2.18. The standard InChI is InChI=1S/C16H15BrO3/c1-11-7-12(2)9-15(8-11)20-16(18)10-19-14-5-3-13(17)4-6-14/h3-9H,10H2,1-2H3. The van der Waals surface area contributed by atoms with E-state index in [0.29, 0.717) is 11.5 Å². The minimum Gasteiger partial charge on any atom is -0.482 e. The average molecular weight is 335 g/mol. The second-order valence-corrected chi connectivity index (χ2v) is 5.46. The van der Waals surface area contributed by atoms with E-state index < -0.39 is 5.97 Å². The molecule has 0 amide bonds. The molecule has 0 saturated heterocycles. The molecule has 0 aliphatic heterocycles. The van der Waals surface area contributed by atoms with Gasteiger partial charge in [0.15, 0.2) is 6.61 Å². The predicted octanol–water partition coefficient (Wildman–Crippen LogP) is 4.05. The number of esters is 1. The monoisotopic (exact) mass is 334 g/mol. The molecule has 0 aliphatic carbocycles. The number of benzene rings is 2. The Morgan fingerprint density at radius 2 is 1.60 bits per heavy atom. The van der Waals surface area contributed by atoms with Crippen molar-refractivity contribution >= 4 is 21.9 Å². The Morgan fingerprint density at radius 1 is 1.00 bits per heavy atom. The minimum absolute atomic E-state index is 0.116. The molecular weight excluding hydrogens is 320 g/mol. The normalized spacial score (nSPS) is 10.2. The van der Waals surface area contributed by atoms with Crippen LogP contribution in [0.4, 0.5) is 0 Å². The predicted molar refractivity (Wildman–Crippen MR) is 81.2 cm³/mol. The van der Waals surface area contributed by atoms with Crippen LogP contribution in [0.5, 0.6) is 11.5 Å². The zero-order chi connectivity index (χ0) is 14.5. The van der Waals surface area contributed by atoms with Crippen molar-refractivity contribution in [3.63, 3.8) is 0 Å². The third-order valence-corrected chi connectivity index (χ3v) is 3.13. The maximum Gasteiger partial charge on any atom is 0.349 e. The number of aryl methyl sites for hydroxylation is 2. The molecular formula is C16H15BrO3. The van der Waals surface area contributed by atoms with Gasteiger partial charge >= 0.3 is 5.97 Å². The highest BCUT2D eigenvalue weighted by molar-refractivity contribution is 9.10. The molecule has 0 fully saturated rings. The van der Waals surface area contributed by atoms with Crippen LogP contribution < -0.4 is 9.47 Å². The first-order chi connectivity index (χ1) is 9.52. The van der Waals surface area contributed by atoms with Crippen molar-refractivity contribution in [2.24, 2.45) is 0 Å². The third-order valence-electron chi connectivity index (χ3n) is 2.60. The van der Waals surface area contributed by atoms with Crippen molar-refractivity contribution in [3.05, 3.63) is 58.1 Å². The number of halogens is 1. The summed E-state index contributed by atoms with van der Waals surface area (Å²) in [6, 6.07) is 12.9. The Bertz CT molecular complexity index is 585. The Morgan fingerprint density at radius 3 is 2.20 bits per heavy atom. The Kier molecular flexibility index (Phi) is 4.79. The van der Waals surface area contributed by atoms with Crippen LogP contribution in [0.3, 0.4) is 0 Å². The van der Waals surface area contributed by atoms with Crippen molar-refractivity contribution in [2.45, 2.75) is 13.8 Å². The maximum absolute atomic E-state index is 11.7. The van der Waals surface area contributed by atoms with E-state index in [0.717, 1.165) is 15.6 Å². The van der Waals surface area contributed by atoms with Gasteiger partial charge in [0.05, 0.1) is 0 Å². The van der Waals surface area contributed by atoms with Crippen molar-refractivity contribution in [3.8, 4) is 11.5 Å². The molecule has 2 aromatic carbocycles. The fourth-order valence-corrected chi connectivity index (χ4v) is 2.09. The quantitative estimate of drug-likeness (QED) is 0.625. The van der Waals surface area contributed by atoms with Crippen LogP contribution in [-0.4, -0.2) is 12.6 Å². The summed E-state index contributed by atoms with van der Waals surface area (Å²) >= 11 is 3.34. The van der Waals surface area contributed by atoms with Crippen LogP contribution in [0.15, 0.2) is 46.9 Å². The molecule has 2 aromatic rings. The number of hydrogen-bond acceptors (Lipinski definition) is 3. The SMILES string of the molecule is Cc1cc(C)cc(OC(=O)COc2ccc(Br)cc2)c1. The smallest absolute Gasteiger partial charge is 0.349 e. The van der Waals surface area contributed by atoms with E-state index in [-0.39, 0.29) is 6.61 Å². The van der Waals surface area contributed by atoms with Gasteiger partial charge in [-0.3, -0.25) is 0 Å². The lowest BCUT2D eigenvalue weighted by molar-refractivity contribution is -0.136. The summed E-state index contributed by atoms with van der Waals surface area (Å²) in [5, 5.41) is 0. The molecule has 0 atom stereocenters. The first-order valence-electron chi connectivity index (χ1n) is 6.20. The first kappa shape index (κ1) is 14.6. The molecule has 4 heteroatoms. The molecule has 0 aromatic heterocycles. The summed E-state index contributed by atoms with van der Waals surface area (Å²) in [6.07, 6.45) is 0. The molecule has 0 bridgehead atoms. The highest BCUT2D eigenvalue weighted by Gasteiger charge is 2.07. The van der Waals surface area contributed by atoms with Crippen molar-refractivity contribution in [1.29, 1.82) is 0 Å². The minimum atomic E-state index is -0.419. The summed E-state index contributed by atoms with van der Waals surface area (Å²) in [7, 11) is 0. The van der Waals surface area contributed by atoms with Crippen molar-refractivity contribution in [2.75, 3.05) is 6.61 Å². The van der Waals surface area contributed by atoms with Crippen LogP contribution in [0.25, 0.3) is 0 Å². The Balaban J connectivity index is 1.90. The van der Waals surface area contributed by atoms with Gasteiger partial charge in [-0.1, -0.05) is 22.0 Å². The van der Waals surface area contributed by atoms with Crippen molar-refractivity contribution < 1.29 is 14.3 Å². The van der Waals surface area contributed by atoms with Crippen LogP contribution in [0, 0.1) is 13.8 Å². The first-order valence-corrected chi connectivity index (χ1v) is 6.99. The van der Waals surface area contributed by atoms with Gasteiger partial charge in [0.1, 0.15) is 11.5 Å². The zero-order valence-electron chi connectivity index (χ0n) is 11.4. The van der Waals surface area contributed by atoms with E-state index in [9.17, 15) is 4.79 Å². The van der Waals surface area contributed by atoms with Gasteiger partial charge in [-0.25, -0.2) is 4.79 Å². The van der Waals surface area contributed by atoms with E-state index in [1.54, 1.807) is 12.1 Å². The third kappa shape index (κ3) is 4.38. The van der Waals surface area contributed by atoms with Gasteiger partial charge in [0.25, 0.3) is 0 Å². The van der Waals surface area contributed by atoms with Crippen LogP contribution >= 0.6 is 15.9 Å². The molecule has 20 heavy (non-hydrogen) atoms. The molecule has 0 spiro atoms. The molecule has 0 heterocycles. The lowest BCUT2D eigenvalue weighted by Gasteiger charge is -2.08. The summed E-state index contributed by atoms with van der Waals surface area (Å²) in [4.78, 5) is 11.7. The van der Waals surface area contributed by atoms with Crippen LogP contribution in [-0.2, 0) is 4.79 Å². The van der Waals surface area contributed by atoms with E-state index in [1.807, 2.05) is 44.2 Å². The zero-order valence-corrected chi connectivity index (χ0v) is 12.9.